The molecule has 0 spiro atoms. The fourth-order valence-electron chi connectivity index (χ4n) is 2.47. The highest BCUT2D eigenvalue weighted by atomic mass is 127. The van der Waals surface area contributed by atoms with Crippen molar-refractivity contribution in [1.82, 2.24) is 0 Å². The SMILES string of the molecule is CC1(C)CC(=O)C(C)(C)[C@@H](I)[C@@H]1S(C)(=O)=O. The van der Waals surface area contributed by atoms with Crippen molar-refractivity contribution in [2.75, 3.05) is 6.26 Å². The monoisotopic (exact) mass is 358 g/mol. The molecular weight excluding hydrogens is 339 g/mol. The Balaban J connectivity index is 3.31. The second-order valence-electron chi connectivity index (χ2n) is 5.96. The van der Waals surface area contributed by atoms with Crippen molar-refractivity contribution in [3.05, 3.63) is 0 Å². The first-order valence-electron chi connectivity index (χ1n) is 5.27. The predicted molar refractivity (Wildman–Crippen MR) is 73.6 cm³/mol. The van der Waals surface area contributed by atoms with Gasteiger partial charge in [-0.1, -0.05) is 50.3 Å². The molecule has 0 amide bonds. The van der Waals surface area contributed by atoms with E-state index >= 15 is 0 Å². The summed E-state index contributed by atoms with van der Waals surface area (Å²) in [6, 6.07) is 0. The number of ketones is 1. The van der Waals surface area contributed by atoms with Crippen LogP contribution in [0.15, 0.2) is 0 Å². The van der Waals surface area contributed by atoms with E-state index in [0.717, 1.165) is 0 Å². The number of carbonyl (C=O) groups is 1. The predicted octanol–water partition coefficient (Wildman–Crippen LogP) is 2.23. The van der Waals surface area contributed by atoms with Gasteiger partial charge in [-0.25, -0.2) is 8.42 Å². The van der Waals surface area contributed by atoms with Gasteiger partial charge in [-0.3, -0.25) is 4.79 Å². The van der Waals surface area contributed by atoms with Crippen LogP contribution in [0.5, 0.6) is 0 Å². The fraction of sp³-hybridized carbons (Fsp3) is 0.909. The molecule has 0 unspecified atom stereocenters. The average molecular weight is 358 g/mol. The van der Waals surface area contributed by atoms with E-state index in [1.54, 1.807) is 0 Å². The molecular formula is C11H19IO3S. The summed E-state index contributed by atoms with van der Waals surface area (Å²) in [6.07, 6.45) is 1.62. The van der Waals surface area contributed by atoms with Crippen molar-refractivity contribution in [3.8, 4) is 0 Å². The third kappa shape index (κ3) is 2.30. The molecule has 1 rings (SSSR count). The van der Waals surface area contributed by atoms with E-state index in [-0.39, 0.29) is 9.71 Å². The maximum Gasteiger partial charge on any atom is 0.151 e. The number of Topliss-reactive ketones (excluding diaryl/α,β-unsaturated/α-hetero) is 1. The molecule has 5 heteroatoms. The molecule has 0 heterocycles. The fourth-order valence-corrected chi connectivity index (χ4v) is 7.40. The standard InChI is InChI=1S/C11H19IO3S/c1-10(2)6-7(13)11(3,4)8(12)9(10)16(5,14)15/h8-9H,6H2,1-5H3/t8-,9-/m0/s1. The molecule has 3 nitrogen and oxygen atoms in total. The minimum absolute atomic E-state index is 0.164. The summed E-state index contributed by atoms with van der Waals surface area (Å²) in [6.45, 7) is 7.44. The lowest BCUT2D eigenvalue weighted by Gasteiger charge is -2.47. The number of halogens is 1. The zero-order valence-electron chi connectivity index (χ0n) is 10.4. The molecule has 1 aliphatic rings. The normalized spacial score (nSPS) is 33.8. The number of hydrogen-bond acceptors (Lipinski definition) is 3. The zero-order valence-corrected chi connectivity index (χ0v) is 13.3. The third-order valence-corrected chi connectivity index (χ3v) is 8.12. The second-order valence-corrected chi connectivity index (χ2v) is 9.47. The van der Waals surface area contributed by atoms with Gasteiger partial charge in [-0.15, -0.1) is 0 Å². The van der Waals surface area contributed by atoms with E-state index in [2.05, 4.69) is 22.6 Å². The topological polar surface area (TPSA) is 51.2 Å². The number of hydrogen-bond donors (Lipinski definition) is 0. The second kappa shape index (κ2) is 3.93. The minimum Gasteiger partial charge on any atom is -0.299 e. The highest BCUT2D eigenvalue weighted by Gasteiger charge is 2.55. The van der Waals surface area contributed by atoms with Crippen molar-refractivity contribution in [2.45, 2.75) is 43.3 Å². The summed E-state index contributed by atoms with van der Waals surface area (Å²) in [7, 11) is -3.14. The van der Waals surface area contributed by atoms with Gasteiger partial charge in [0, 0.05) is 22.0 Å². The van der Waals surface area contributed by atoms with Crippen molar-refractivity contribution >= 4 is 38.2 Å². The molecule has 94 valence electrons. The summed E-state index contributed by atoms with van der Waals surface area (Å²) in [5.74, 6) is 0.164. The lowest BCUT2D eigenvalue weighted by Crippen LogP contribution is -2.56. The van der Waals surface area contributed by atoms with Gasteiger partial charge in [-0.05, 0) is 5.41 Å². The molecule has 0 aromatic heterocycles. The molecule has 0 radical (unpaired) electrons. The van der Waals surface area contributed by atoms with Gasteiger partial charge < -0.3 is 0 Å². The van der Waals surface area contributed by atoms with Crippen LogP contribution in [-0.2, 0) is 14.6 Å². The van der Waals surface area contributed by atoms with Gasteiger partial charge in [0.25, 0.3) is 0 Å². The Hall–Kier alpha value is 0.350. The molecule has 0 aromatic carbocycles. The van der Waals surface area contributed by atoms with Gasteiger partial charge in [0.2, 0.25) is 0 Å². The Morgan fingerprint density at radius 1 is 1.25 bits per heavy atom. The van der Waals surface area contributed by atoms with E-state index in [4.69, 9.17) is 0 Å². The molecule has 0 saturated heterocycles. The third-order valence-electron chi connectivity index (χ3n) is 3.52. The lowest BCUT2D eigenvalue weighted by atomic mass is 9.65. The van der Waals surface area contributed by atoms with Crippen molar-refractivity contribution in [3.63, 3.8) is 0 Å². The first-order chi connectivity index (χ1) is 6.90. The van der Waals surface area contributed by atoms with E-state index in [9.17, 15) is 13.2 Å². The highest BCUT2D eigenvalue weighted by molar-refractivity contribution is 14.1. The Labute approximate surface area is 111 Å². The molecule has 0 bridgehead atoms. The Kier molecular flexibility index (Phi) is 3.54. The van der Waals surface area contributed by atoms with Crippen molar-refractivity contribution in [1.29, 1.82) is 0 Å². The van der Waals surface area contributed by atoms with Gasteiger partial charge in [0.05, 0.1) is 5.25 Å². The van der Waals surface area contributed by atoms with Gasteiger partial charge in [0.15, 0.2) is 9.84 Å². The molecule has 1 aliphatic carbocycles. The largest absolute Gasteiger partial charge is 0.299 e. The van der Waals surface area contributed by atoms with Crippen molar-refractivity contribution in [2.24, 2.45) is 10.8 Å². The number of carbonyl (C=O) groups excluding carboxylic acids is 1. The zero-order chi connectivity index (χ0) is 12.9. The number of alkyl halides is 1. The highest BCUT2D eigenvalue weighted by Crippen LogP contribution is 2.48. The van der Waals surface area contributed by atoms with Crippen LogP contribution in [0.3, 0.4) is 0 Å². The molecule has 2 atom stereocenters. The molecule has 16 heavy (non-hydrogen) atoms. The van der Waals surface area contributed by atoms with E-state index in [0.29, 0.717) is 6.42 Å². The number of sulfone groups is 1. The van der Waals surface area contributed by atoms with Gasteiger partial charge >= 0.3 is 0 Å². The molecule has 0 N–H and O–H groups in total. The van der Waals surface area contributed by atoms with Gasteiger partial charge in [-0.2, -0.15) is 0 Å². The van der Waals surface area contributed by atoms with Gasteiger partial charge in [0.1, 0.15) is 5.78 Å². The molecule has 1 saturated carbocycles. The Morgan fingerprint density at radius 3 is 2.06 bits per heavy atom. The Bertz CT molecular complexity index is 409. The van der Waals surface area contributed by atoms with Crippen LogP contribution in [0.1, 0.15) is 34.1 Å². The minimum atomic E-state index is -3.14. The summed E-state index contributed by atoms with van der Waals surface area (Å²) in [4.78, 5) is 12.0. The Morgan fingerprint density at radius 2 is 1.69 bits per heavy atom. The maximum absolute atomic E-state index is 12.0. The summed E-state index contributed by atoms with van der Waals surface area (Å²) in [5, 5.41) is -0.451. The maximum atomic E-state index is 12.0. The average Bonchev–Trinajstić information content (AvgIpc) is 1.97. The summed E-state index contributed by atoms with van der Waals surface area (Å²) < 4.78 is 23.6. The van der Waals surface area contributed by atoms with Crippen LogP contribution in [-0.4, -0.2) is 29.6 Å². The lowest BCUT2D eigenvalue weighted by molar-refractivity contribution is -0.131. The molecule has 0 aliphatic heterocycles. The van der Waals surface area contributed by atoms with Crippen LogP contribution < -0.4 is 0 Å². The van der Waals surface area contributed by atoms with Crippen LogP contribution in [0, 0.1) is 10.8 Å². The summed E-state index contributed by atoms with van der Waals surface area (Å²) in [5.41, 5.74) is -1.02. The van der Waals surface area contributed by atoms with Crippen LogP contribution >= 0.6 is 22.6 Å². The van der Waals surface area contributed by atoms with E-state index in [1.165, 1.54) is 6.26 Å². The van der Waals surface area contributed by atoms with Crippen molar-refractivity contribution < 1.29 is 13.2 Å². The quantitative estimate of drug-likeness (QED) is 0.534. The first-order valence-corrected chi connectivity index (χ1v) is 8.47. The van der Waals surface area contributed by atoms with Crippen LogP contribution in [0.2, 0.25) is 0 Å². The number of rotatable bonds is 1. The van der Waals surface area contributed by atoms with Crippen LogP contribution in [0.4, 0.5) is 0 Å². The summed E-state index contributed by atoms with van der Waals surface area (Å²) >= 11 is 2.13. The van der Waals surface area contributed by atoms with Crippen LogP contribution in [0.25, 0.3) is 0 Å². The van der Waals surface area contributed by atoms with E-state index in [1.807, 2.05) is 27.7 Å². The molecule has 1 fully saturated rings. The first kappa shape index (κ1) is 14.4. The van der Waals surface area contributed by atoms with E-state index < -0.39 is 25.9 Å². The molecule has 0 aromatic rings. The smallest absolute Gasteiger partial charge is 0.151 e.